The molecule has 0 aromatic heterocycles. The molecule has 16 heavy (non-hydrogen) atoms. The summed E-state index contributed by atoms with van der Waals surface area (Å²) >= 11 is 0. The summed E-state index contributed by atoms with van der Waals surface area (Å²) < 4.78 is 4.86. The molecule has 0 aliphatic rings. The molecule has 0 spiro atoms. The van der Waals surface area contributed by atoms with Gasteiger partial charge in [0.2, 0.25) is 0 Å². The molecule has 1 rings (SSSR count). The van der Waals surface area contributed by atoms with E-state index in [-0.39, 0.29) is 0 Å². The normalized spacial score (nSPS) is 11.9. The second-order valence-electron chi connectivity index (χ2n) is 3.65. The van der Waals surface area contributed by atoms with E-state index in [4.69, 9.17) is 10.00 Å². The number of likely N-dealkylation sites (N-methyl/N-ethyl adjacent to an activating group) is 1. The van der Waals surface area contributed by atoms with E-state index in [2.05, 4.69) is 6.07 Å². The van der Waals surface area contributed by atoms with Crippen molar-refractivity contribution in [1.82, 2.24) is 0 Å². The van der Waals surface area contributed by atoms with E-state index >= 15 is 0 Å². The Morgan fingerprint density at radius 1 is 1.56 bits per heavy atom. The van der Waals surface area contributed by atoms with E-state index in [0.29, 0.717) is 18.7 Å². The number of hydrogen-bond donors (Lipinski definition) is 1. The van der Waals surface area contributed by atoms with Crippen molar-refractivity contribution >= 4 is 5.69 Å². The van der Waals surface area contributed by atoms with Crippen LogP contribution in [0.4, 0.5) is 5.69 Å². The van der Waals surface area contributed by atoms with Crippen molar-refractivity contribution in [2.75, 3.05) is 32.2 Å². The highest BCUT2D eigenvalue weighted by Gasteiger charge is 2.08. The van der Waals surface area contributed by atoms with E-state index in [1.165, 1.54) is 0 Å². The topological polar surface area (TPSA) is 56.5 Å². The average molecular weight is 220 g/mol. The fraction of sp³-hybridized carbons (Fsp3) is 0.417. The highest BCUT2D eigenvalue weighted by atomic mass is 16.5. The zero-order chi connectivity index (χ0) is 12.0. The van der Waals surface area contributed by atoms with E-state index in [1.54, 1.807) is 19.2 Å². The molecule has 0 fully saturated rings. The minimum absolute atomic E-state index is 0.308. The molecule has 0 aliphatic carbocycles. The molecule has 1 atom stereocenters. The zero-order valence-corrected chi connectivity index (χ0v) is 9.55. The molecule has 4 nitrogen and oxygen atoms in total. The van der Waals surface area contributed by atoms with Crippen LogP contribution >= 0.6 is 0 Å². The first-order valence-corrected chi connectivity index (χ1v) is 5.05. The van der Waals surface area contributed by atoms with Crippen LogP contribution in [0.15, 0.2) is 24.3 Å². The number of hydrogen-bond acceptors (Lipinski definition) is 4. The molecule has 1 N–H and O–H groups in total. The largest absolute Gasteiger partial charge is 0.389 e. The minimum Gasteiger partial charge on any atom is -0.389 e. The number of ether oxygens (including phenoxy) is 1. The van der Waals surface area contributed by atoms with Gasteiger partial charge in [-0.05, 0) is 18.2 Å². The molecule has 4 heteroatoms. The maximum atomic E-state index is 9.58. The number of methoxy groups -OCH3 is 1. The highest BCUT2D eigenvalue weighted by molar-refractivity contribution is 5.50. The van der Waals surface area contributed by atoms with Gasteiger partial charge in [-0.1, -0.05) is 6.07 Å². The first kappa shape index (κ1) is 12.5. The molecule has 0 bridgehead atoms. The van der Waals surface area contributed by atoms with Gasteiger partial charge in [-0.2, -0.15) is 5.26 Å². The predicted octanol–water partition coefficient (Wildman–Crippen LogP) is 1.00. The summed E-state index contributed by atoms with van der Waals surface area (Å²) in [5, 5.41) is 18.3. The monoisotopic (exact) mass is 220 g/mol. The molecule has 86 valence electrons. The molecule has 0 aliphatic heterocycles. The van der Waals surface area contributed by atoms with Gasteiger partial charge in [-0.15, -0.1) is 0 Å². The fourth-order valence-electron chi connectivity index (χ4n) is 1.48. The van der Waals surface area contributed by atoms with Crippen molar-refractivity contribution in [3.05, 3.63) is 29.8 Å². The molecule has 1 unspecified atom stereocenters. The maximum Gasteiger partial charge on any atom is 0.0992 e. The van der Waals surface area contributed by atoms with Gasteiger partial charge in [0.05, 0.1) is 24.3 Å². The molecular formula is C12H16N2O2. The molecular weight excluding hydrogens is 204 g/mol. The molecule has 0 radical (unpaired) electrons. The van der Waals surface area contributed by atoms with Crippen LogP contribution in [0.2, 0.25) is 0 Å². The Hall–Kier alpha value is -1.57. The van der Waals surface area contributed by atoms with Crippen molar-refractivity contribution in [2.45, 2.75) is 6.10 Å². The summed E-state index contributed by atoms with van der Waals surface area (Å²) in [5.41, 5.74) is 1.53. The predicted molar refractivity (Wildman–Crippen MR) is 62.3 cm³/mol. The first-order chi connectivity index (χ1) is 7.67. The summed E-state index contributed by atoms with van der Waals surface area (Å²) in [5.74, 6) is 0. The Morgan fingerprint density at radius 3 is 2.94 bits per heavy atom. The average Bonchev–Trinajstić information content (AvgIpc) is 2.29. The number of aliphatic hydroxyl groups is 1. The van der Waals surface area contributed by atoms with Crippen LogP contribution in [0.3, 0.4) is 0 Å². The smallest absolute Gasteiger partial charge is 0.0992 e. The van der Waals surface area contributed by atoms with Crippen LogP contribution in [0.1, 0.15) is 5.56 Å². The van der Waals surface area contributed by atoms with E-state index in [1.807, 2.05) is 24.1 Å². The highest BCUT2D eigenvalue weighted by Crippen LogP contribution is 2.14. The van der Waals surface area contributed by atoms with Crippen LogP contribution in [-0.4, -0.2) is 38.5 Å². The van der Waals surface area contributed by atoms with E-state index < -0.39 is 6.10 Å². The number of nitrogens with zero attached hydrogens (tertiary/aromatic N) is 2. The molecule has 0 saturated carbocycles. The third kappa shape index (κ3) is 3.54. The number of benzene rings is 1. The van der Waals surface area contributed by atoms with Crippen LogP contribution in [-0.2, 0) is 4.74 Å². The second kappa shape index (κ2) is 6.11. The third-order valence-corrected chi connectivity index (χ3v) is 2.26. The lowest BCUT2D eigenvalue weighted by Crippen LogP contribution is -2.31. The molecule has 1 aromatic rings. The SMILES string of the molecule is COCC(O)CN(C)c1cccc(C#N)c1. The minimum atomic E-state index is -0.527. The Balaban J connectivity index is 2.65. The lowest BCUT2D eigenvalue weighted by molar-refractivity contribution is 0.0695. The summed E-state index contributed by atoms with van der Waals surface area (Å²) in [6, 6.07) is 9.36. The number of aliphatic hydroxyl groups excluding tert-OH is 1. The Morgan fingerprint density at radius 2 is 2.31 bits per heavy atom. The standard InChI is InChI=1S/C12H16N2O2/c1-14(8-12(15)9-16-2)11-5-3-4-10(6-11)7-13/h3-6,12,15H,8-9H2,1-2H3. The van der Waals surface area contributed by atoms with Gasteiger partial charge < -0.3 is 14.7 Å². The molecule has 0 saturated heterocycles. The van der Waals surface area contributed by atoms with Gasteiger partial charge in [0, 0.05) is 26.4 Å². The third-order valence-electron chi connectivity index (χ3n) is 2.26. The van der Waals surface area contributed by atoms with Gasteiger partial charge in [-0.25, -0.2) is 0 Å². The van der Waals surface area contributed by atoms with Crippen molar-refractivity contribution in [3.63, 3.8) is 0 Å². The van der Waals surface area contributed by atoms with Crippen molar-refractivity contribution in [1.29, 1.82) is 5.26 Å². The summed E-state index contributed by atoms with van der Waals surface area (Å²) in [6.45, 7) is 0.783. The Kier molecular flexibility index (Phi) is 4.77. The summed E-state index contributed by atoms with van der Waals surface area (Å²) in [7, 11) is 3.43. The van der Waals surface area contributed by atoms with Crippen LogP contribution in [0.5, 0.6) is 0 Å². The van der Waals surface area contributed by atoms with Crippen molar-refractivity contribution in [2.24, 2.45) is 0 Å². The van der Waals surface area contributed by atoms with Gasteiger partial charge in [0.25, 0.3) is 0 Å². The van der Waals surface area contributed by atoms with Gasteiger partial charge in [0.15, 0.2) is 0 Å². The lowest BCUT2D eigenvalue weighted by Gasteiger charge is -2.22. The van der Waals surface area contributed by atoms with Crippen LogP contribution < -0.4 is 4.90 Å². The van der Waals surface area contributed by atoms with Crippen molar-refractivity contribution in [3.8, 4) is 6.07 Å². The molecule has 0 heterocycles. The molecule has 1 aromatic carbocycles. The van der Waals surface area contributed by atoms with Crippen LogP contribution in [0, 0.1) is 11.3 Å². The summed E-state index contributed by atoms with van der Waals surface area (Å²) in [4.78, 5) is 1.89. The first-order valence-electron chi connectivity index (χ1n) is 5.05. The number of nitriles is 1. The zero-order valence-electron chi connectivity index (χ0n) is 9.55. The maximum absolute atomic E-state index is 9.58. The lowest BCUT2D eigenvalue weighted by atomic mass is 10.2. The van der Waals surface area contributed by atoms with Crippen LogP contribution in [0.25, 0.3) is 0 Å². The van der Waals surface area contributed by atoms with Gasteiger partial charge >= 0.3 is 0 Å². The summed E-state index contributed by atoms with van der Waals surface area (Å²) in [6.07, 6.45) is -0.527. The van der Waals surface area contributed by atoms with Gasteiger partial charge in [0.1, 0.15) is 0 Å². The van der Waals surface area contributed by atoms with E-state index in [9.17, 15) is 5.11 Å². The fourth-order valence-corrected chi connectivity index (χ4v) is 1.48. The Labute approximate surface area is 95.7 Å². The number of anilines is 1. The van der Waals surface area contributed by atoms with Gasteiger partial charge in [-0.3, -0.25) is 0 Å². The van der Waals surface area contributed by atoms with E-state index in [0.717, 1.165) is 5.69 Å². The molecule has 0 amide bonds. The second-order valence-corrected chi connectivity index (χ2v) is 3.65. The quantitative estimate of drug-likeness (QED) is 0.804. The Bertz CT molecular complexity index is 374. The number of rotatable bonds is 5. The van der Waals surface area contributed by atoms with Crippen molar-refractivity contribution < 1.29 is 9.84 Å².